The molecule has 0 saturated carbocycles. The standard InChI is InChI=1S/C10H18IN2O2/c1-9(2)5-7(12-8(14)6-11)10(3,4)13(9)15/h7H,5-6H2,1-4H3,(H,12,14)/q-1. The third-order valence-electron chi connectivity index (χ3n) is 3.09. The Hall–Kier alpha value is 0.120. The number of nitrogens with zero attached hydrogens (tertiary/aromatic N) is 1. The molecule has 1 atom stereocenters. The number of hydroxylamine groups is 2. The number of alkyl halides is 1. The van der Waals surface area contributed by atoms with Crippen LogP contribution in [0.5, 0.6) is 0 Å². The minimum Gasteiger partial charge on any atom is -0.784 e. The molecule has 1 heterocycles. The van der Waals surface area contributed by atoms with E-state index < -0.39 is 11.1 Å². The summed E-state index contributed by atoms with van der Waals surface area (Å²) < 4.78 is 0.434. The molecule has 15 heavy (non-hydrogen) atoms. The van der Waals surface area contributed by atoms with Crippen molar-refractivity contribution in [2.45, 2.75) is 51.2 Å². The number of carbonyl (C=O) groups excluding carboxylic acids is 1. The summed E-state index contributed by atoms with van der Waals surface area (Å²) in [6.07, 6.45) is 0.700. The summed E-state index contributed by atoms with van der Waals surface area (Å²) >= 11 is 2.02. The van der Waals surface area contributed by atoms with Crippen molar-refractivity contribution in [1.82, 2.24) is 10.4 Å². The first-order valence-corrected chi connectivity index (χ1v) is 6.57. The molecule has 0 aromatic carbocycles. The Morgan fingerprint density at radius 2 is 2.07 bits per heavy atom. The van der Waals surface area contributed by atoms with Crippen molar-refractivity contribution in [1.29, 1.82) is 0 Å². The van der Waals surface area contributed by atoms with Gasteiger partial charge in [0.1, 0.15) is 0 Å². The van der Waals surface area contributed by atoms with Crippen LogP contribution >= 0.6 is 22.6 Å². The van der Waals surface area contributed by atoms with Gasteiger partial charge in [0.05, 0.1) is 4.43 Å². The average molecular weight is 325 g/mol. The lowest BCUT2D eigenvalue weighted by molar-refractivity contribution is -0.119. The van der Waals surface area contributed by atoms with Gasteiger partial charge in [-0.05, 0) is 34.1 Å². The van der Waals surface area contributed by atoms with Gasteiger partial charge in [0.15, 0.2) is 0 Å². The van der Waals surface area contributed by atoms with Crippen LogP contribution in [0.1, 0.15) is 34.1 Å². The zero-order valence-electron chi connectivity index (χ0n) is 9.63. The van der Waals surface area contributed by atoms with Crippen molar-refractivity contribution < 1.29 is 4.79 Å². The van der Waals surface area contributed by atoms with E-state index in [2.05, 4.69) is 5.32 Å². The van der Waals surface area contributed by atoms with E-state index in [9.17, 15) is 10.0 Å². The Kier molecular flexibility index (Phi) is 3.67. The first-order chi connectivity index (χ1) is 6.71. The molecular weight excluding hydrogens is 307 g/mol. The van der Waals surface area contributed by atoms with Gasteiger partial charge >= 0.3 is 0 Å². The number of nitrogens with one attached hydrogen (secondary N) is 1. The summed E-state index contributed by atoms with van der Waals surface area (Å²) in [6, 6.07) is -0.0627. The summed E-state index contributed by atoms with van der Waals surface area (Å²) in [5, 5.41) is 16.0. The lowest BCUT2D eigenvalue weighted by atomic mass is 9.94. The Bertz CT molecular complexity index is 266. The molecule has 1 N–H and O–H groups in total. The van der Waals surface area contributed by atoms with Gasteiger partial charge in [-0.1, -0.05) is 22.6 Å². The minimum absolute atomic E-state index is 0.000208. The van der Waals surface area contributed by atoms with Gasteiger partial charge in [-0.2, -0.15) is 0 Å². The second-order valence-corrected chi connectivity index (χ2v) is 5.98. The van der Waals surface area contributed by atoms with Gasteiger partial charge in [-0.3, -0.25) is 4.79 Å². The Morgan fingerprint density at radius 1 is 1.53 bits per heavy atom. The highest BCUT2D eigenvalue weighted by atomic mass is 127. The minimum atomic E-state index is -0.523. The van der Waals surface area contributed by atoms with Crippen molar-refractivity contribution in [2.75, 3.05) is 4.43 Å². The molecule has 1 amide bonds. The fourth-order valence-corrected chi connectivity index (χ4v) is 2.43. The summed E-state index contributed by atoms with van der Waals surface area (Å²) in [7, 11) is 0. The largest absolute Gasteiger partial charge is 0.784 e. The highest BCUT2D eigenvalue weighted by Gasteiger charge is 2.46. The zero-order valence-corrected chi connectivity index (χ0v) is 11.8. The van der Waals surface area contributed by atoms with Crippen LogP contribution in [0.2, 0.25) is 0 Å². The van der Waals surface area contributed by atoms with Crippen LogP contribution < -0.4 is 5.32 Å². The lowest BCUT2D eigenvalue weighted by Gasteiger charge is -2.47. The monoisotopic (exact) mass is 325 g/mol. The van der Waals surface area contributed by atoms with E-state index in [-0.39, 0.29) is 11.9 Å². The molecule has 1 rings (SSSR count). The molecule has 0 aromatic heterocycles. The summed E-state index contributed by atoms with van der Waals surface area (Å²) in [5.74, 6) is -0.000208. The SMILES string of the molecule is CC1(C)CC(NC(=O)CI)C(C)(C)N1[O-]. The van der Waals surface area contributed by atoms with E-state index in [1.807, 2.05) is 50.3 Å². The van der Waals surface area contributed by atoms with E-state index in [1.54, 1.807) is 0 Å². The van der Waals surface area contributed by atoms with Gasteiger partial charge in [0.25, 0.3) is 0 Å². The molecule has 5 heteroatoms. The fourth-order valence-electron chi connectivity index (χ4n) is 2.21. The van der Waals surface area contributed by atoms with Crippen LogP contribution in [-0.4, -0.2) is 32.5 Å². The molecule has 0 radical (unpaired) electrons. The number of hydrogen-bond acceptors (Lipinski definition) is 3. The number of carbonyl (C=O) groups is 1. The smallest absolute Gasteiger partial charge is 0.230 e. The first kappa shape index (κ1) is 13.2. The average Bonchev–Trinajstić information content (AvgIpc) is 2.27. The maximum atomic E-state index is 12.0. The Labute approximate surface area is 104 Å². The summed E-state index contributed by atoms with van der Waals surface area (Å²) in [6.45, 7) is 7.59. The summed E-state index contributed by atoms with van der Waals surface area (Å²) in [4.78, 5) is 11.3. The molecule has 0 aromatic rings. The first-order valence-electron chi connectivity index (χ1n) is 5.04. The third kappa shape index (κ3) is 2.45. The van der Waals surface area contributed by atoms with Crippen molar-refractivity contribution in [3.63, 3.8) is 0 Å². The highest BCUT2D eigenvalue weighted by Crippen LogP contribution is 2.39. The van der Waals surface area contributed by atoms with Crippen LogP contribution in [0.4, 0.5) is 0 Å². The molecule has 1 unspecified atom stereocenters. The molecule has 1 aliphatic rings. The number of halogens is 1. The van der Waals surface area contributed by atoms with E-state index in [0.717, 1.165) is 5.06 Å². The number of amides is 1. The topological polar surface area (TPSA) is 55.4 Å². The maximum absolute atomic E-state index is 12.0. The Balaban J connectivity index is 2.80. The normalized spacial score (nSPS) is 29.1. The summed E-state index contributed by atoms with van der Waals surface area (Å²) in [5.41, 5.74) is -0.919. The van der Waals surface area contributed by atoms with Crippen LogP contribution in [0.25, 0.3) is 0 Å². The van der Waals surface area contributed by atoms with Gasteiger partial charge < -0.3 is 15.6 Å². The molecule has 1 saturated heterocycles. The van der Waals surface area contributed by atoms with Gasteiger partial charge in [-0.25, -0.2) is 0 Å². The second-order valence-electron chi connectivity index (χ2n) is 5.22. The molecule has 1 aliphatic heterocycles. The molecular formula is C10H18IN2O2-. The predicted octanol–water partition coefficient (Wildman–Crippen LogP) is 1.67. The van der Waals surface area contributed by atoms with Crippen molar-refractivity contribution in [3.8, 4) is 0 Å². The zero-order chi connectivity index (χ0) is 11.9. The second kappa shape index (κ2) is 4.18. The van der Waals surface area contributed by atoms with Crippen molar-refractivity contribution in [2.24, 2.45) is 0 Å². The van der Waals surface area contributed by atoms with E-state index >= 15 is 0 Å². The molecule has 0 bridgehead atoms. The maximum Gasteiger partial charge on any atom is 0.230 e. The fraction of sp³-hybridized carbons (Fsp3) is 0.900. The van der Waals surface area contributed by atoms with Gasteiger partial charge in [-0.15, -0.1) is 0 Å². The molecule has 1 fully saturated rings. The molecule has 88 valence electrons. The van der Waals surface area contributed by atoms with Crippen LogP contribution in [0.3, 0.4) is 0 Å². The van der Waals surface area contributed by atoms with E-state index in [4.69, 9.17) is 0 Å². The molecule has 0 aliphatic carbocycles. The molecule has 0 spiro atoms. The van der Waals surface area contributed by atoms with Crippen LogP contribution in [-0.2, 0) is 4.79 Å². The van der Waals surface area contributed by atoms with Crippen LogP contribution in [0, 0.1) is 5.21 Å². The molecule has 4 nitrogen and oxygen atoms in total. The van der Waals surface area contributed by atoms with E-state index in [1.165, 1.54) is 0 Å². The van der Waals surface area contributed by atoms with Gasteiger partial charge in [0.2, 0.25) is 5.91 Å². The predicted molar refractivity (Wildman–Crippen MR) is 68.8 cm³/mol. The lowest BCUT2D eigenvalue weighted by Crippen LogP contribution is -2.52. The number of rotatable bonds is 2. The third-order valence-corrected chi connectivity index (χ3v) is 3.78. The Morgan fingerprint density at radius 3 is 2.40 bits per heavy atom. The van der Waals surface area contributed by atoms with Crippen LogP contribution in [0.15, 0.2) is 0 Å². The van der Waals surface area contributed by atoms with Crippen molar-refractivity contribution in [3.05, 3.63) is 5.21 Å². The quantitative estimate of drug-likeness (QED) is 0.621. The van der Waals surface area contributed by atoms with Gasteiger partial charge in [0, 0.05) is 17.1 Å². The highest BCUT2D eigenvalue weighted by molar-refractivity contribution is 14.1. The van der Waals surface area contributed by atoms with E-state index in [0.29, 0.717) is 10.8 Å². The number of hydrogen-bond donors (Lipinski definition) is 1. The van der Waals surface area contributed by atoms with Crippen molar-refractivity contribution >= 4 is 28.5 Å².